The first-order chi connectivity index (χ1) is 12.2. The van der Waals surface area contributed by atoms with Gasteiger partial charge in [-0.15, -0.1) is 0 Å². The van der Waals surface area contributed by atoms with Gasteiger partial charge in [-0.2, -0.15) is 10.1 Å². The molecule has 3 heterocycles. The zero-order valence-corrected chi connectivity index (χ0v) is 16.0. The Kier molecular flexibility index (Phi) is 3.49. The largest absolute Gasteiger partial charge is 0.339 e. The van der Waals surface area contributed by atoms with Gasteiger partial charge in [-0.1, -0.05) is 33.2 Å². The summed E-state index contributed by atoms with van der Waals surface area (Å²) in [6, 6.07) is 10.3. The third kappa shape index (κ3) is 2.69. The van der Waals surface area contributed by atoms with Gasteiger partial charge in [-0.3, -0.25) is 0 Å². The van der Waals surface area contributed by atoms with Gasteiger partial charge in [0.15, 0.2) is 5.65 Å². The molecule has 0 N–H and O–H groups in total. The molecule has 0 unspecified atom stereocenters. The Labute approximate surface area is 159 Å². The summed E-state index contributed by atoms with van der Waals surface area (Å²) < 4.78 is 9.20. The Morgan fingerprint density at radius 3 is 2.76 bits per heavy atom. The van der Waals surface area contributed by atoms with Gasteiger partial charge in [0.25, 0.3) is 0 Å². The summed E-state index contributed by atoms with van der Waals surface area (Å²) in [5.74, 6) is 1.94. The fraction of sp³-hybridized carbons (Fsp3) is 0.176. The molecule has 0 spiro atoms. The van der Waals surface area contributed by atoms with Gasteiger partial charge in [-0.05, 0) is 52.0 Å². The molecule has 0 saturated heterocycles. The molecule has 3 aromatic heterocycles. The quantitative estimate of drug-likeness (QED) is 0.447. The Bertz CT molecular complexity index is 1070. The van der Waals surface area contributed by atoms with E-state index in [9.17, 15) is 0 Å². The summed E-state index contributed by atoms with van der Waals surface area (Å²) in [6.07, 6.45) is 4.39. The van der Waals surface area contributed by atoms with Crippen molar-refractivity contribution in [3.8, 4) is 11.4 Å². The molecular formula is C17H11Br2N5O. The minimum absolute atomic E-state index is 0.281. The molecule has 0 amide bonds. The predicted molar refractivity (Wildman–Crippen MR) is 98.2 cm³/mol. The molecule has 1 aromatic carbocycles. The van der Waals surface area contributed by atoms with E-state index in [0.717, 1.165) is 20.9 Å². The van der Waals surface area contributed by atoms with E-state index in [1.165, 1.54) is 11.9 Å². The van der Waals surface area contributed by atoms with Crippen molar-refractivity contribution < 1.29 is 4.52 Å². The highest BCUT2D eigenvalue weighted by molar-refractivity contribution is 9.10. The second-order valence-corrected chi connectivity index (χ2v) is 7.89. The van der Waals surface area contributed by atoms with E-state index in [2.05, 4.69) is 76.3 Å². The van der Waals surface area contributed by atoms with Crippen LogP contribution >= 0.6 is 31.9 Å². The summed E-state index contributed by atoms with van der Waals surface area (Å²) in [5, 5.41) is 8.33. The maximum atomic E-state index is 5.54. The third-order valence-corrected chi connectivity index (χ3v) is 5.39. The average molecular weight is 461 g/mol. The van der Waals surface area contributed by atoms with Crippen LogP contribution in [0.25, 0.3) is 17.0 Å². The van der Waals surface area contributed by atoms with E-state index in [4.69, 9.17) is 4.52 Å². The molecule has 1 aliphatic rings. The molecule has 25 heavy (non-hydrogen) atoms. The van der Waals surface area contributed by atoms with Gasteiger partial charge < -0.3 is 4.52 Å². The van der Waals surface area contributed by atoms with Crippen LogP contribution in [0.15, 0.2) is 56.3 Å². The van der Waals surface area contributed by atoms with E-state index in [0.29, 0.717) is 23.3 Å². The first kappa shape index (κ1) is 15.2. The molecule has 1 fully saturated rings. The summed E-state index contributed by atoms with van der Waals surface area (Å²) in [6.45, 7) is 0. The zero-order chi connectivity index (χ0) is 17.0. The summed E-state index contributed by atoms with van der Waals surface area (Å²) in [7, 11) is 0. The molecule has 6 nitrogen and oxygen atoms in total. The molecule has 0 radical (unpaired) electrons. The molecule has 8 heteroatoms. The smallest absolute Gasteiger partial charge is 0.230 e. The first-order valence-corrected chi connectivity index (χ1v) is 9.36. The summed E-state index contributed by atoms with van der Waals surface area (Å²) in [5.41, 5.74) is 2.80. The lowest BCUT2D eigenvalue weighted by Gasteiger charge is -1.99. The van der Waals surface area contributed by atoms with Crippen molar-refractivity contribution in [3.63, 3.8) is 0 Å². The van der Waals surface area contributed by atoms with Crippen molar-refractivity contribution in [1.29, 1.82) is 0 Å². The maximum Gasteiger partial charge on any atom is 0.230 e. The van der Waals surface area contributed by atoms with Gasteiger partial charge in [0.1, 0.15) is 6.33 Å². The highest BCUT2D eigenvalue weighted by atomic mass is 79.9. The van der Waals surface area contributed by atoms with Gasteiger partial charge in [0, 0.05) is 21.1 Å². The topological polar surface area (TPSA) is 69.1 Å². The third-order valence-electron chi connectivity index (χ3n) is 4.43. The second kappa shape index (κ2) is 5.74. The minimum atomic E-state index is 0.281. The van der Waals surface area contributed by atoms with E-state index in [1.54, 1.807) is 4.52 Å². The number of aromatic nitrogens is 5. The van der Waals surface area contributed by atoms with Crippen LogP contribution < -0.4 is 0 Å². The van der Waals surface area contributed by atoms with Gasteiger partial charge in [0.2, 0.25) is 11.7 Å². The lowest BCUT2D eigenvalue weighted by atomic mass is 10.1. The van der Waals surface area contributed by atoms with Crippen LogP contribution in [0.4, 0.5) is 0 Å². The van der Waals surface area contributed by atoms with Crippen LogP contribution in [0, 0.1) is 0 Å². The zero-order valence-electron chi connectivity index (χ0n) is 12.8. The number of rotatable bonds is 3. The van der Waals surface area contributed by atoms with Crippen molar-refractivity contribution in [2.75, 3.05) is 0 Å². The number of halogens is 2. The van der Waals surface area contributed by atoms with E-state index >= 15 is 0 Å². The van der Waals surface area contributed by atoms with Gasteiger partial charge in [-0.25, -0.2) is 9.50 Å². The number of hydrogen-bond donors (Lipinski definition) is 0. The van der Waals surface area contributed by atoms with Crippen LogP contribution in [0.2, 0.25) is 0 Å². The Morgan fingerprint density at radius 2 is 1.92 bits per heavy atom. The number of pyridine rings is 1. The number of fused-ring (bicyclic) bond motifs is 1. The fourth-order valence-electron chi connectivity index (χ4n) is 3.10. The minimum Gasteiger partial charge on any atom is -0.339 e. The van der Waals surface area contributed by atoms with Crippen molar-refractivity contribution >= 4 is 37.5 Å². The molecule has 124 valence electrons. The van der Waals surface area contributed by atoms with Crippen molar-refractivity contribution in [2.45, 2.75) is 18.3 Å². The van der Waals surface area contributed by atoms with Crippen LogP contribution in [0.3, 0.4) is 0 Å². The SMILES string of the molecule is Brc1ccc([C@@H]2C[C@H]2c2nc(-c3cc(Br)cn4ncnc34)no2)cc1. The Balaban J connectivity index is 1.46. The summed E-state index contributed by atoms with van der Waals surface area (Å²) in [4.78, 5) is 8.90. The second-order valence-electron chi connectivity index (χ2n) is 6.06. The highest BCUT2D eigenvalue weighted by Gasteiger charge is 2.43. The van der Waals surface area contributed by atoms with Crippen molar-refractivity contribution in [2.24, 2.45) is 0 Å². The Morgan fingerprint density at radius 1 is 1.08 bits per heavy atom. The number of nitrogens with zero attached hydrogens (tertiary/aromatic N) is 5. The van der Waals surface area contributed by atoms with E-state index in [1.807, 2.05) is 12.3 Å². The summed E-state index contributed by atoms with van der Waals surface area (Å²) >= 11 is 6.95. The molecule has 1 aliphatic carbocycles. The van der Waals surface area contributed by atoms with E-state index in [-0.39, 0.29) is 5.92 Å². The lowest BCUT2D eigenvalue weighted by molar-refractivity contribution is 0.378. The van der Waals surface area contributed by atoms with Gasteiger partial charge in [0.05, 0.1) is 5.56 Å². The standard InChI is InChI=1S/C17H11Br2N5O/c18-10-3-1-9(2-4-10)12-6-13(12)17-22-15(23-25-17)14-5-11(19)7-24-16(14)20-8-21-24/h1-5,7-8,12-13H,6H2/t12-,13+/m0/s1. The van der Waals surface area contributed by atoms with Crippen LogP contribution in [-0.2, 0) is 0 Å². The fourth-order valence-corrected chi connectivity index (χ4v) is 3.79. The predicted octanol–water partition coefficient (Wildman–Crippen LogP) is 4.58. The van der Waals surface area contributed by atoms with Gasteiger partial charge >= 0.3 is 0 Å². The van der Waals surface area contributed by atoms with Crippen LogP contribution in [0.5, 0.6) is 0 Å². The lowest BCUT2D eigenvalue weighted by Crippen LogP contribution is -1.92. The van der Waals surface area contributed by atoms with Crippen molar-refractivity contribution in [1.82, 2.24) is 24.7 Å². The molecule has 1 saturated carbocycles. The normalized spacial score (nSPS) is 19.4. The molecule has 0 bridgehead atoms. The van der Waals surface area contributed by atoms with Crippen LogP contribution in [-0.4, -0.2) is 24.7 Å². The molecule has 0 aliphatic heterocycles. The molecular weight excluding hydrogens is 450 g/mol. The van der Waals surface area contributed by atoms with Crippen molar-refractivity contribution in [3.05, 3.63) is 63.3 Å². The molecule has 4 aromatic rings. The van der Waals surface area contributed by atoms with Crippen LogP contribution in [0.1, 0.15) is 29.7 Å². The monoisotopic (exact) mass is 459 g/mol. The molecule has 5 rings (SSSR count). The first-order valence-electron chi connectivity index (χ1n) is 7.77. The highest BCUT2D eigenvalue weighted by Crippen LogP contribution is 2.54. The average Bonchev–Trinajstić information content (AvgIpc) is 3.04. The van der Waals surface area contributed by atoms with E-state index < -0.39 is 0 Å². The Hall–Kier alpha value is -2.06. The number of benzene rings is 1. The molecule has 2 atom stereocenters. The maximum absolute atomic E-state index is 5.54. The number of hydrogen-bond acceptors (Lipinski definition) is 5.